The van der Waals surface area contributed by atoms with E-state index in [9.17, 15) is 0 Å². The predicted molar refractivity (Wildman–Crippen MR) is 47.5 cm³/mol. The summed E-state index contributed by atoms with van der Waals surface area (Å²) < 4.78 is 4.91. The van der Waals surface area contributed by atoms with Crippen molar-refractivity contribution in [2.45, 2.75) is 6.04 Å². The molecular formula is C8H13N3O. The molecule has 1 atom stereocenters. The van der Waals surface area contributed by atoms with E-state index in [4.69, 9.17) is 16.2 Å². The molecule has 0 aliphatic heterocycles. The van der Waals surface area contributed by atoms with Crippen molar-refractivity contribution < 1.29 is 4.74 Å². The van der Waals surface area contributed by atoms with Gasteiger partial charge in [-0.15, -0.1) is 0 Å². The lowest BCUT2D eigenvalue weighted by Crippen LogP contribution is -2.16. The second kappa shape index (κ2) is 4.04. The van der Waals surface area contributed by atoms with Crippen LogP contribution in [0.5, 0.6) is 0 Å². The van der Waals surface area contributed by atoms with Gasteiger partial charge in [0, 0.05) is 13.3 Å². The Morgan fingerprint density at radius 1 is 1.67 bits per heavy atom. The van der Waals surface area contributed by atoms with Gasteiger partial charge in [-0.2, -0.15) is 0 Å². The van der Waals surface area contributed by atoms with Gasteiger partial charge in [0.2, 0.25) is 0 Å². The van der Waals surface area contributed by atoms with Gasteiger partial charge in [-0.25, -0.2) is 4.98 Å². The summed E-state index contributed by atoms with van der Waals surface area (Å²) in [6, 6.07) is 3.46. The van der Waals surface area contributed by atoms with Crippen LogP contribution in [0.1, 0.15) is 11.6 Å². The van der Waals surface area contributed by atoms with Crippen molar-refractivity contribution in [1.82, 2.24) is 4.98 Å². The fraction of sp³-hybridized carbons (Fsp3) is 0.375. The molecule has 1 aromatic heterocycles. The third-order valence-corrected chi connectivity index (χ3v) is 1.58. The zero-order valence-electron chi connectivity index (χ0n) is 7.03. The monoisotopic (exact) mass is 167 g/mol. The van der Waals surface area contributed by atoms with E-state index in [0.29, 0.717) is 12.4 Å². The van der Waals surface area contributed by atoms with E-state index in [-0.39, 0.29) is 6.04 Å². The highest BCUT2D eigenvalue weighted by molar-refractivity contribution is 5.33. The Kier molecular flexibility index (Phi) is 3.01. The SMILES string of the molecule is COC[C@H](N)c1ccnc(N)c1. The zero-order valence-corrected chi connectivity index (χ0v) is 7.03. The highest BCUT2D eigenvalue weighted by Crippen LogP contribution is 2.11. The van der Waals surface area contributed by atoms with Crippen molar-refractivity contribution >= 4 is 5.82 Å². The molecule has 4 heteroatoms. The standard InChI is InChI=1S/C8H13N3O/c1-12-5-7(9)6-2-3-11-8(10)4-6/h2-4,7H,5,9H2,1H3,(H2,10,11)/t7-/m0/s1. The number of hydrogen-bond acceptors (Lipinski definition) is 4. The fourth-order valence-corrected chi connectivity index (χ4v) is 0.972. The zero-order chi connectivity index (χ0) is 8.97. The molecule has 0 aliphatic rings. The number of aromatic nitrogens is 1. The molecule has 0 radical (unpaired) electrons. The molecule has 1 rings (SSSR count). The third-order valence-electron chi connectivity index (χ3n) is 1.58. The fourth-order valence-electron chi connectivity index (χ4n) is 0.972. The number of hydrogen-bond donors (Lipinski definition) is 2. The molecule has 0 saturated carbocycles. The number of anilines is 1. The van der Waals surface area contributed by atoms with Gasteiger partial charge in [-0.05, 0) is 17.7 Å². The van der Waals surface area contributed by atoms with Crippen LogP contribution in [0.4, 0.5) is 5.82 Å². The summed E-state index contributed by atoms with van der Waals surface area (Å²) >= 11 is 0. The van der Waals surface area contributed by atoms with E-state index in [0.717, 1.165) is 5.56 Å². The van der Waals surface area contributed by atoms with Gasteiger partial charge in [-0.3, -0.25) is 0 Å². The largest absolute Gasteiger partial charge is 0.384 e. The molecule has 66 valence electrons. The highest BCUT2D eigenvalue weighted by atomic mass is 16.5. The summed E-state index contributed by atoms with van der Waals surface area (Å²) in [5.41, 5.74) is 12.2. The van der Waals surface area contributed by atoms with E-state index in [1.165, 1.54) is 0 Å². The lowest BCUT2D eigenvalue weighted by molar-refractivity contribution is 0.181. The summed E-state index contributed by atoms with van der Waals surface area (Å²) in [5.74, 6) is 0.485. The summed E-state index contributed by atoms with van der Waals surface area (Å²) in [5, 5.41) is 0. The topological polar surface area (TPSA) is 74.2 Å². The molecule has 4 N–H and O–H groups in total. The summed E-state index contributed by atoms with van der Waals surface area (Å²) in [7, 11) is 1.62. The number of methoxy groups -OCH3 is 1. The number of nitrogens with two attached hydrogens (primary N) is 2. The van der Waals surface area contributed by atoms with Crippen LogP contribution < -0.4 is 11.5 Å². The minimum atomic E-state index is -0.125. The molecule has 0 aromatic carbocycles. The first-order valence-electron chi connectivity index (χ1n) is 3.70. The lowest BCUT2D eigenvalue weighted by atomic mass is 10.1. The molecule has 0 spiro atoms. The molecule has 0 bridgehead atoms. The third kappa shape index (κ3) is 2.18. The van der Waals surface area contributed by atoms with E-state index in [1.54, 1.807) is 19.4 Å². The smallest absolute Gasteiger partial charge is 0.123 e. The van der Waals surface area contributed by atoms with Gasteiger partial charge in [0.05, 0.1) is 12.6 Å². The van der Waals surface area contributed by atoms with E-state index in [2.05, 4.69) is 4.98 Å². The maximum absolute atomic E-state index is 5.77. The summed E-state index contributed by atoms with van der Waals surface area (Å²) in [4.78, 5) is 3.86. The first kappa shape index (κ1) is 8.96. The number of nitrogen functional groups attached to an aromatic ring is 1. The Morgan fingerprint density at radius 3 is 3.00 bits per heavy atom. The molecule has 0 fully saturated rings. The molecule has 0 aliphatic carbocycles. The van der Waals surface area contributed by atoms with Gasteiger partial charge in [-0.1, -0.05) is 0 Å². The van der Waals surface area contributed by atoms with Crippen LogP contribution in [0.25, 0.3) is 0 Å². The molecular weight excluding hydrogens is 154 g/mol. The van der Waals surface area contributed by atoms with Crippen LogP contribution in [-0.4, -0.2) is 18.7 Å². The van der Waals surface area contributed by atoms with Crippen LogP contribution in [0, 0.1) is 0 Å². The second-order valence-electron chi connectivity index (χ2n) is 2.58. The van der Waals surface area contributed by atoms with Crippen LogP contribution in [-0.2, 0) is 4.74 Å². The normalized spacial score (nSPS) is 12.8. The van der Waals surface area contributed by atoms with Crippen molar-refractivity contribution in [3.05, 3.63) is 23.9 Å². The molecule has 4 nitrogen and oxygen atoms in total. The second-order valence-corrected chi connectivity index (χ2v) is 2.58. The Balaban J connectivity index is 2.73. The van der Waals surface area contributed by atoms with Crippen molar-refractivity contribution in [2.75, 3.05) is 19.5 Å². The minimum Gasteiger partial charge on any atom is -0.384 e. The van der Waals surface area contributed by atoms with Gasteiger partial charge < -0.3 is 16.2 Å². The average Bonchev–Trinajstić information content (AvgIpc) is 2.05. The summed E-state index contributed by atoms with van der Waals surface area (Å²) in [6.07, 6.45) is 1.64. The van der Waals surface area contributed by atoms with Crippen LogP contribution in [0.3, 0.4) is 0 Å². The molecule has 0 unspecified atom stereocenters. The van der Waals surface area contributed by atoms with Crippen molar-refractivity contribution in [2.24, 2.45) is 5.73 Å². The quantitative estimate of drug-likeness (QED) is 0.679. The van der Waals surface area contributed by atoms with Gasteiger partial charge in [0.1, 0.15) is 5.82 Å². The Morgan fingerprint density at radius 2 is 2.42 bits per heavy atom. The predicted octanol–water partition coefficient (Wildman–Crippen LogP) is 0.310. The van der Waals surface area contributed by atoms with Gasteiger partial charge >= 0.3 is 0 Å². The number of pyridine rings is 1. The Bertz CT molecular complexity index is 252. The van der Waals surface area contributed by atoms with Crippen molar-refractivity contribution in [3.8, 4) is 0 Å². The van der Waals surface area contributed by atoms with Gasteiger partial charge in [0.25, 0.3) is 0 Å². The van der Waals surface area contributed by atoms with E-state index in [1.807, 2.05) is 6.07 Å². The first-order chi connectivity index (χ1) is 5.74. The number of ether oxygens (including phenoxy) is 1. The van der Waals surface area contributed by atoms with Crippen LogP contribution >= 0.6 is 0 Å². The first-order valence-corrected chi connectivity index (χ1v) is 3.70. The number of nitrogens with zero attached hydrogens (tertiary/aromatic N) is 1. The Hall–Kier alpha value is -1.13. The molecule has 12 heavy (non-hydrogen) atoms. The van der Waals surface area contributed by atoms with Crippen LogP contribution in [0.15, 0.2) is 18.3 Å². The maximum atomic E-state index is 5.77. The number of rotatable bonds is 3. The maximum Gasteiger partial charge on any atom is 0.123 e. The van der Waals surface area contributed by atoms with Gasteiger partial charge in [0.15, 0.2) is 0 Å². The summed E-state index contributed by atoms with van der Waals surface area (Å²) in [6.45, 7) is 0.490. The minimum absolute atomic E-state index is 0.125. The average molecular weight is 167 g/mol. The van der Waals surface area contributed by atoms with Crippen molar-refractivity contribution in [3.63, 3.8) is 0 Å². The highest BCUT2D eigenvalue weighted by Gasteiger charge is 2.04. The molecule has 0 amide bonds. The molecule has 1 aromatic rings. The van der Waals surface area contributed by atoms with Crippen molar-refractivity contribution in [1.29, 1.82) is 0 Å². The molecule has 0 saturated heterocycles. The lowest BCUT2D eigenvalue weighted by Gasteiger charge is -2.10. The molecule has 1 heterocycles. The van der Waals surface area contributed by atoms with Crippen LogP contribution in [0.2, 0.25) is 0 Å². The van der Waals surface area contributed by atoms with E-state index < -0.39 is 0 Å². The van der Waals surface area contributed by atoms with E-state index >= 15 is 0 Å². The Labute approximate surface area is 71.5 Å².